The van der Waals surface area contributed by atoms with Gasteiger partial charge in [0, 0.05) is 28.4 Å². The molecule has 5 rings (SSSR count). The van der Waals surface area contributed by atoms with E-state index in [4.69, 9.17) is 11.6 Å². The van der Waals surface area contributed by atoms with Crippen LogP contribution in [0, 0.1) is 6.92 Å². The number of aryl methyl sites for hydroxylation is 1. The van der Waals surface area contributed by atoms with E-state index < -0.39 is 0 Å². The van der Waals surface area contributed by atoms with E-state index in [1.165, 1.54) is 18.5 Å². The molecule has 2 N–H and O–H groups in total. The average Bonchev–Trinajstić information content (AvgIpc) is 2.90. The smallest absolute Gasteiger partial charge is 0.257 e. The number of hydrogen-bond acceptors (Lipinski definition) is 5. The lowest BCUT2D eigenvalue weighted by atomic mass is 10.0. The molecule has 0 aliphatic heterocycles. The summed E-state index contributed by atoms with van der Waals surface area (Å²) in [7, 11) is 0. The lowest BCUT2D eigenvalue weighted by molar-refractivity contribution is 0.101. The second-order valence-corrected chi connectivity index (χ2v) is 8.52. The highest BCUT2D eigenvalue weighted by Crippen LogP contribution is 2.30. The maximum Gasteiger partial charge on any atom is 0.257 e. The third kappa shape index (κ3) is 4.78. The summed E-state index contributed by atoms with van der Waals surface area (Å²) >= 11 is 6.39. The maximum atomic E-state index is 13.0. The number of fused-ring (bicyclic) bond motifs is 1. The van der Waals surface area contributed by atoms with Crippen LogP contribution in [0.25, 0.3) is 22.2 Å². The number of nitrogens with zero attached hydrogens (tertiary/aromatic N) is 3. The highest BCUT2D eigenvalue weighted by atomic mass is 35.5. The Kier molecular flexibility index (Phi) is 6.38. The Morgan fingerprint density at radius 2 is 1.67 bits per heavy atom. The maximum absolute atomic E-state index is 13.0. The van der Waals surface area contributed by atoms with Gasteiger partial charge in [-0.2, -0.15) is 0 Å². The minimum atomic E-state index is -0.387. The normalized spacial score (nSPS) is 10.7. The van der Waals surface area contributed by atoms with Crippen molar-refractivity contribution < 1.29 is 9.59 Å². The number of carbonyl (C=O) groups is 2. The van der Waals surface area contributed by atoms with E-state index in [1.807, 2.05) is 49.4 Å². The van der Waals surface area contributed by atoms with E-state index in [1.54, 1.807) is 30.6 Å². The van der Waals surface area contributed by atoms with Gasteiger partial charge in [0.15, 0.2) is 0 Å². The highest BCUT2D eigenvalue weighted by molar-refractivity contribution is 6.35. The van der Waals surface area contributed by atoms with Crippen LogP contribution in [0.15, 0.2) is 91.5 Å². The first-order chi connectivity index (χ1) is 17.5. The molecule has 0 unspecified atom stereocenters. The fraction of sp³-hybridized carbons (Fsp3) is 0.0357. The molecule has 7 nitrogen and oxygen atoms in total. The fourth-order valence-electron chi connectivity index (χ4n) is 3.85. The molecule has 176 valence electrons. The molecule has 2 aromatic heterocycles. The molecule has 2 heterocycles. The van der Waals surface area contributed by atoms with Crippen molar-refractivity contribution in [3.63, 3.8) is 0 Å². The molecule has 0 atom stereocenters. The quantitative estimate of drug-likeness (QED) is 0.305. The van der Waals surface area contributed by atoms with Crippen LogP contribution in [-0.2, 0) is 0 Å². The second-order valence-electron chi connectivity index (χ2n) is 8.11. The van der Waals surface area contributed by atoms with E-state index in [-0.39, 0.29) is 22.4 Å². The molecule has 8 heteroatoms. The van der Waals surface area contributed by atoms with Gasteiger partial charge in [0.25, 0.3) is 11.8 Å². The monoisotopic (exact) mass is 493 g/mol. The average molecular weight is 494 g/mol. The SMILES string of the molecule is Cc1ccc(NC(=O)c2ccc(C(=O)Nc3cccnc3)cc2Cl)cc1-c1ncnc2ccccc12. The van der Waals surface area contributed by atoms with Gasteiger partial charge in [-0.05, 0) is 61.0 Å². The molecular weight excluding hydrogens is 474 g/mol. The molecule has 0 spiro atoms. The first-order valence-electron chi connectivity index (χ1n) is 11.1. The van der Waals surface area contributed by atoms with Crippen LogP contribution in [0.2, 0.25) is 5.02 Å². The number of para-hydroxylation sites is 1. The number of pyridine rings is 1. The Morgan fingerprint density at radius 3 is 2.47 bits per heavy atom. The number of amides is 2. The van der Waals surface area contributed by atoms with Gasteiger partial charge in [-0.1, -0.05) is 35.9 Å². The highest BCUT2D eigenvalue weighted by Gasteiger charge is 2.16. The first-order valence-corrected chi connectivity index (χ1v) is 11.5. The molecule has 0 fully saturated rings. The Hall–Kier alpha value is -4.62. The van der Waals surface area contributed by atoms with Crippen molar-refractivity contribution in [1.82, 2.24) is 15.0 Å². The van der Waals surface area contributed by atoms with Gasteiger partial charge >= 0.3 is 0 Å². The number of benzene rings is 3. The molecule has 2 amide bonds. The number of halogens is 1. The predicted octanol–water partition coefficient (Wildman–Crippen LogP) is 6.16. The van der Waals surface area contributed by atoms with Gasteiger partial charge in [-0.3, -0.25) is 14.6 Å². The number of nitrogens with one attached hydrogen (secondary N) is 2. The fourth-order valence-corrected chi connectivity index (χ4v) is 4.12. The zero-order chi connectivity index (χ0) is 25.1. The molecule has 0 bridgehead atoms. The summed E-state index contributed by atoms with van der Waals surface area (Å²) < 4.78 is 0. The minimum Gasteiger partial charge on any atom is -0.322 e. The molecule has 5 aromatic rings. The molecule has 0 aliphatic carbocycles. The van der Waals surface area contributed by atoms with Crippen LogP contribution in [0.3, 0.4) is 0 Å². The summed E-state index contributed by atoms with van der Waals surface area (Å²) in [6.07, 6.45) is 4.70. The van der Waals surface area contributed by atoms with Crippen molar-refractivity contribution >= 4 is 45.7 Å². The van der Waals surface area contributed by atoms with Crippen LogP contribution >= 0.6 is 11.6 Å². The molecule has 0 aliphatic rings. The number of anilines is 2. The van der Waals surface area contributed by atoms with E-state index in [0.717, 1.165) is 27.7 Å². The zero-order valence-corrected chi connectivity index (χ0v) is 20.0. The molecule has 0 saturated carbocycles. The third-order valence-corrected chi connectivity index (χ3v) is 6.00. The Balaban J connectivity index is 1.38. The van der Waals surface area contributed by atoms with Crippen LogP contribution < -0.4 is 10.6 Å². The largest absolute Gasteiger partial charge is 0.322 e. The van der Waals surface area contributed by atoms with Crippen molar-refractivity contribution in [2.24, 2.45) is 0 Å². The Labute approximate surface area is 212 Å². The lowest BCUT2D eigenvalue weighted by Gasteiger charge is -2.12. The van der Waals surface area contributed by atoms with Crippen molar-refractivity contribution in [3.8, 4) is 11.3 Å². The molecule has 0 radical (unpaired) electrons. The number of carbonyl (C=O) groups excluding carboxylic acids is 2. The summed E-state index contributed by atoms with van der Waals surface area (Å²) in [4.78, 5) is 38.4. The van der Waals surface area contributed by atoms with Gasteiger partial charge in [-0.25, -0.2) is 9.97 Å². The van der Waals surface area contributed by atoms with Gasteiger partial charge in [-0.15, -0.1) is 0 Å². The van der Waals surface area contributed by atoms with Crippen LogP contribution in [0.1, 0.15) is 26.3 Å². The summed E-state index contributed by atoms with van der Waals surface area (Å²) in [5.41, 5.74) is 5.27. The van der Waals surface area contributed by atoms with Gasteiger partial charge < -0.3 is 10.6 Å². The van der Waals surface area contributed by atoms with Crippen LogP contribution in [0.4, 0.5) is 11.4 Å². The van der Waals surface area contributed by atoms with Crippen LogP contribution in [0.5, 0.6) is 0 Å². The molecule has 36 heavy (non-hydrogen) atoms. The number of aromatic nitrogens is 3. The summed E-state index contributed by atoms with van der Waals surface area (Å²) in [5.74, 6) is -0.737. The topological polar surface area (TPSA) is 96.9 Å². The first kappa shape index (κ1) is 23.1. The third-order valence-electron chi connectivity index (χ3n) is 5.69. The van der Waals surface area contributed by atoms with E-state index in [9.17, 15) is 9.59 Å². The van der Waals surface area contributed by atoms with Crippen molar-refractivity contribution in [2.45, 2.75) is 6.92 Å². The zero-order valence-electron chi connectivity index (χ0n) is 19.2. The Bertz CT molecular complexity index is 1600. The van der Waals surface area contributed by atoms with E-state index in [2.05, 4.69) is 25.6 Å². The number of hydrogen-bond donors (Lipinski definition) is 2. The minimum absolute atomic E-state index is 0.167. The molecular formula is C28H20ClN5O2. The van der Waals surface area contributed by atoms with Crippen molar-refractivity contribution in [3.05, 3.63) is 113 Å². The standard InChI is InChI=1S/C28H20ClN5O2/c1-17-8-10-19(14-23(17)26-22-6-2-3-7-25(22)31-16-32-26)33-28(36)21-11-9-18(13-24(21)29)27(35)34-20-5-4-12-30-15-20/h2-16H,1H3,(H,33,36)(H,34,35). The van der Waals surface area contributed by atoms with Gasteiger partial charge in [0.2, 0.25) is 0 Å². The van der Waals surface area contributed by atoms with Crippen molar-refractivity contribution in [2.75, 3.05) is 10.6 Å². The second kappa shape index (κ2) is 9.93. The molecule has 3 aromatic carbocycles. The Morgan fingerprint density at radius 1 is 0.833 bits per heavy atom. The van der Waals surface area contributed by atoms with Gasteiger partial charge in [0.1, 0.15) is 6.33 Å². The van der Waals surface area contributed by atoms with E-state index >= 15 is 0 Å². The van der Waals surface area contributed by atoms with E-state index in [0.29, 0.717) is 16.9 Å². The summed E-state index contributed by atoms with van der Waals surface area (Å²) in [6, 6.07) is 21.4. The van der Waals surface area contributed by atoms with Crippen LogP contribution in [-0.4, -0.2) is 26.8 Å². The number of rotatable bonds is 5. The predicted molar refractivity (Wildman–Crippen MR) is 141 cm³/mol. The summed E-state index contributed by atoms with van der Waals surface area (Å²) in [6.45, 7) is 1.99. The lowest BCUT2D eigenvalue weighted by Crippen LogP contribution is -2.15. The molecule has 0 saturated heterocycles. The van der Waals surface area contributed by atoms with Gasteiger partial charge in [0.05, 0.1) is 33.7 Å². The summed E-state index contributed by atoms with van der Waals surface area (Å²) in [5, 5.41) is 6.73. The van der Waals surface area contributed by atoms with Crippen molar-refractivity contribution in [1.29, 1.82) is 0 Å².